The van der Waals surface area contributed by atoms with Gasteiger partial charge in [-0.15, -0.1) is 0 Å². The molecule has 0 saturated carbocycles. The van der Waals surface area contributed by atoms with Crippen LogP contribution in [0.4, 0.5) is 27.9 Å². The minimum atomic E-state index is -0.468. The van der Waals surface area contributed by atoms with Crippen molar-refractivity contribution >= 4 is 45.6 Å². The summed E-state index contributed by atoms with van der Waals surface area (Å²) >= 11 is 0. The third kappa shape index (κ3) is 7.74. The summed E-state index contributed by atoms with van der Waals surface area (Å²) < 4.78 is 16.5. The predicted molar refractivity (Wildman–Crippen MR) is 233 cm³/mol. The highest BCUT2D eigenvalue weighted by Gasteiger charge is 2.33. The average molecular weight is 820 g/mol. The van der Waals surface area contributed by atoms with Crippen molar-refractivity contribution in [3.8, 4) is 6.07 Å². The molecule has 4 aliphatic rings. The number of benzene rings is 1. The summed E-state index contributed by atoms with van der Waals surface area (Å²) in [6.45, 7) is 9.47. The lowest BCUT2D eigenvalue weighted by Crippen LogP contribution is -2.40. The van der Waals surface area contributed by atoms with E-state index < -0.39 is 5.82 Å². The van der Waals surface area contributed by atoms with Gasteiger partial charge < -0.3 is 22.1 Å². The number of halogens is 1. The van der Waals surface area contributed by atoms with Gasteiger partial charge in [-0.25, -0.2) is 18.9 Å². The molecular formula is C46H52FN14+. The molecule has 1 aromatic carbocycles. The number of nitrogen functional groups attached to an aromatic ring is 2. The van der Waals surface area contributed by atoms with Gasteiger partial charge in [0.1, 0.15) is 23.5 Å². The van der Waals surface area contributed by atoms with Crippen LogP contribution in [0.25, 0.3) is 22.1 Å². The second-order valence-electron chi connectivity index (χ2n) is 17.5. The van der Waals surface area contributed by atoms with Crippen LogP contribution in [-0.4, -0.2) is 78.0 Å². The van der Waals surface area contributed by atoms with Crippen molar-refractivity contribution in [1.29, 1.82) is 5.26 Å². The van der Waals surface area contributed by atoms with E-state index in [1.807, 2.05) is 12.1 Å². The van der Waals surface area contributed by atoms with E-state index in [4.69, 9.17) is 36.7 Å². The average Bonchev–Trinajstić information content (AvgIpc) is 3.91. The molecule has 10 rings (SSSR count). The number of likely N-dealkylation sites (tertiary alicyclic amines) is 2. The van der Waals surface area contributed by atoms with Crippen LogP contribution in [0.2, 0.25) is 0 Å². The van der Waals surface area contributed by atoms with E-state index in [9.17, 15) is 4.39 Å². The van der Waals surface area contributed by atoms with Gasteiger partial charge in [-0.2, -0.15) is 25.2 Å². The number of aryl methyl sites for hydroxylation is 3. The summed E-state index contributed by atoms with van der Waals surface area (Å²) in [6, 6.07) is 12.0. The molecule has 5 aromatic heterocycles. The molecule has 1 unspecified atom stereocenters. The number of anilines is 4. The molecule has 2 fully saturated rings. The number of nitrogens with two attached hydrogens (primary N) is 2. The second-order valence-corrected chi connectivity index (χ2v) is 17.5. The molecule has 2 aliphatic heterocycles. The molecule has 61 heavy (non-hydrogen) atoms. The number of nitrogens with one attached hydrogen (secondary N) is 2. The molecule has 6 aromatic rings. The Morgan fingerprint density at radius 1 is 0.721 bits per heavy atom. The first-order valence-corrected chi connectivity index (χ1v) is 21.7. The van der Waals surface area contributed by atoms with Gasteiger partial charge in [-0.3, -0.25) is 9.80 Å². The molecule has 0 amide bonds. The molecule has 0 bridgehead atoms. The van der Waals surface area contributed by atoms with Crippen LogP contribution in [0.3, 0.4) is 0 Å². The summed E-state index contributed by atoms with van der Waals surface area (Å²) in [5.74, 6) is 1.57. The smallest absolute Gasteiger partial charge is 0.226 e. The van der Waals surface area contributed by atoms with Crippen LogP contribution in [0.1, 0.15) is 88.5 Å². The molecule has 1 atom stereocenters. The number of fused-ring (bicyclic) bond motifs is 4. The second kappa shape index (κ2) is 16.1. The number of rotatable bonds is 9. The number of nitrogens with zero attached hydrogens (tertiary/aromatic N) is 10. The maximum Gasteiger partial charge on any atom is 0.226 e. The van der Waals surface area contributed by atoms with Crippen molar-refractivity contribution in [3.05, 3.63) is 98.9 Å². The fourth-order valence-electron chi connectivity index (χ4n) is 10.1. The SMILES string of the molecule is Cc1c2c(nc3nc(NC4CCN(Cc5cc[n+](C6Cc7nc8nc(NC9CCN(Cc%10ccc(C#N)c(F)c%10)CC9)nc(N)c8c(C)c7C6)cc5)CC4)nc(N)c13)CCC2. The van der Waals surface area contributed by atoms with Crippen LogP contribution in [0.15, 0.2) is 42.7 Å². The summed E-state index contributed by atoms with van der Waals surface area (Å²) in [4.78, 5) is 33.8. The first-order valence-electron chi connectivity index (χ1n) is 21.7. The topological polar surface area (TPSA) is 188 Å². The van der Waals surface area contributed by atoms with Crippen molar-refractivity contribution in [3.63, 3.8) is 0 Å². The summed E-state index contributed by atoms with van der Waals surface area (Å²) in [7, 11) is 0. The molecule has 0 spiro atoms. The summed E-state index contributed by atoms with van der Waals surface area (Å²) in [5.41, 5.74) is 23.7. The van der Waals surface area contributed by atoms with Crippen LogP contribution in [0, 0.1) is 31.0 Å². The highest BCUT2D eigenvalue weighted by Crippen LogP contribution is 2.35. The largest absolute Gasteiger partial charge is 0.383 e. The van der Waals surface area contributed by atoms with Crippen LogP contribution >= 0.6 is 0 Å². The molecule has 7 heterocycles. The van der Waals surface area contributed by atoms with E-state index in [0.717, 1.165) is 124 Å². The molecule has 6 N–H and O–H groups in total. The van der Waals surface area contributed by atoms with Gasteiger partial charge in [0.25, 0.3) is 0 Å². The Morgan fingerprint density at radius 3 is 1.89 bits per heavy atom. The Morgan fingerprint density at radius 2 is 1.30 bits per heavy atom. The van der Waals surface area contributed by atoms with Crippen LogP contribution in [0.5, 0.6) is 0 Å². The van der Waals surface area contributed by atoms with Crippen molar-refractivity contribution in [2.24, 2.45) is 0 Å². The van der Waals surface area contributed by atoms with Gasteiger partial charge in [0.2, 0.25) is 11.9 Å². The highest BCUT2D eigenvalue weighted by atomic mass is 19.1. The molecule has 2 saturated heterocycles. The Kier molecular flexibility index (Phi) is 10.3. The maximum absolute atomic E-state index is 14.1. The molecule has 15 heteroatoms. The third-order valence-electron chi connectivity index (χ3n) is 13.5. The van der Waals surface area contributed by atoms with Crippen molar-refractivity contribution in [2.45, 2.75) is 103 Å². The zero-order chi connectivity index (χ0) is 41.8. The fourth-order valence-corrected chi connectivity index (χ4v) is 10.1. The number of piperidine rings is 2. The molecule has 2 aliphatic carbocycles. The lowest BCUT2D eigenvalue weighted by atomic mass is 10.0. The Bertz CT molecular complexity index is 2700. The monoisotopic (exact) mass is 819 g/mol. The zero-order valence-corrected chi connectivity index (χ0v) is 34.9. The summed E-state index contributed by atoms with van der Waals surface area (Å²) in [5, 5.41) is 17.9. The summed E-state index contributed by atoms with van der Waals surface area (Å²) in [6.07, 6.45) is 13.1. The van der Waals surface area contributed by atoms with Gasteiger partial charge >= 0.3 is 0 Å². The van der Waals surface area contributed by atoms with Gasteiger partial charge in [-0.1, -0.05) is 6.07 Å². The van der Waals surface area contributed by atoms with E-state index in [1.54, 1.807) is 6.07 Å². The Hall–Kier alpha value is -6.11. The van der Waals surface area contributed by atoms with Crippen LogP contribution < -0.4 is 26.7 Å². The van der Waals surface area contributed by atoms with Gasteiger partial charge in [0.15, 0.2) is 29.7 Å². The Labute approximate surface area is 354 Å². The molecule has 14 nitrogen and oxygen atoms in total. The predicted octanol–water partition coefficient (Wildman–Crippen LogP) is 5.42. The maximum atomic E-state index is 14.1. The quantitative estimate of drug-likeness (QED) is 0.136. The molecule has 0 radical (unpaired) electrons. The lowest BCUT2D eigenvalue weighted by Gasteiger charge is -2.32. The highest BCUT2D eigenvalue weighted by molar-refractivity contribution is 5.91. The van der Waals surface area contributed by atoms with Gasteiger partial charge in [0.05, 0.1) is 28.5 Å². The number of pyridine rings is 3. The first kappa shape index (κ1) is 39.1. The number of nitriles is 1. The molecular weight excluding hydrogens is 768 g/mol. The van der Waals surface area contributed by atoms with E-state index >= 15 is 0 Å². The number of aromatic nitrogens is 7. The Balaban J connectivity index is 0.729. The zero-order valence-electron chi connectivity index (χ0n) is 34.9. The molecule has 312 valence electrons. The van der Waals surface area contributed by atoms with E-state index in [1.165, 1.54) is 28.3 Å². The van der Waals surface area contributed by atoms with E-state index in [-0.39, 0.29) is 23.7 Å². The van der Waals surface area contributed by atoms with E-state index in [0.29, 0.717) is 41.4 Å². The number of hydrogen-bond donors (Lipinski definition) is 4. The van der Waals surface area contributed by atoms with Crippen molar-refractivity contribution in [2.75, 3.05) is 48.3 Å². The minimum absolute atomic E-state index is 0.0736. The van der Waals surface area contributed by atoms with Crippen molar-refractivity contribution < 1.29 is 8.96 Å². The third-order valence-corrected chi connectivity index (χ3v) is 13.5. The number of hydrogen-bond acceptors (Lipinski definition) is 13. The standard InChI is InChI=1S/C46H52FN14/c1-26-34-4-3-5-37(34)53-43-39(26)41(49)55-45(57-43)51-31-10-14-59(15-11-31)24-28-8-18-61(19-9-28)33-21-35-27(2)40-42(50)56-46(58-44(40)54-38(35)22-33)52-32-12-16-60(17-13-32)25-29-6-7-30(23-48)36(47)20-29/h6-9,18-20,31-33H,3-5,10-17,21-22,24-25H2,1-2H3,(H3,49,51,53,55,57)(H3,50,52,54,56,58)/q+1. The van der Waals surface area contributed by atoms with Gasteiger partial charge in [-0.05, 0) is 104 Å². The minimum Gasteiger partial charge on any atom is -0.383 e. The normalized spacial score (nSPS) is 18.7. The van der Waals surface area contributed by atoms with Crippen molar-refractivity contribution in [1.82, 2.24) is 39.7 Å². The fraction of sp³-hybridized carbons (Fsp3) is 0.435. The first-order chi connectivity index (χ1) is 29.6. The van der Waals surface area contributed by atoms with Crippen LogP contribution in [-0.2, 0) is 38.8 Å². The van der Waals surface area contributed by atoms with Gasteiger partial charge in [0, 0.05) is 75.6 Å². The van der Waals surface area contributed by atoms with E-state index in [2.05, 4.69) is 73.3 Å². The lowest BCUT2D eigenvalue weighted by molar-refractivity contribution is -0.721.